The van der Waals surface area contributed by atoms with Gasteiger partial charge in [-0.25, -0.2) is 0 Å². The molecule has 2 aromatic rings. The molecule has 5 heteroatoms. The van der Waals surface area contributed by atoms with Gasteiger partial charge in [0.25, 0.3) is 0 Å². The van der Waals surface area contributed by atoms with Gasteiger partial charge < -0.3 is 20.9 Å². The lowest BCUT2D eigenvalue weighted by Crippen LogP contribution is -2.38. The summed E-state index contributed by atoms with van der Waals surface area (Å²) in [5.41, 5.74) is 7.09. The van der Waals surface area contributed by atoms with E-state index < -0.39 is 18.6 Å². The molecule has 0 saturated carbocycles. The Labute approximate surface area is 123 Å². The highest BCUT2D eigenvalue weighted by atomic mass is 16.5. The molecule has 0 spiro atoms. The number of aliphatic hydroxyl groups excluding tert-OH is 1. The second kappa shape index (κ2) is 7.42. The predicted octanol–water partition coefficient (Wildman–Crippen LogP) is 1.52. The second-order valence-corrected chi connectivity index (χ2v) is 4.58. The van der Waals surface area contributed by atoms with Crippen molar-refractivity contribution >= 4 is 11.6 Å². The van der Waals surface area contributed by atoms with Gasteiger partial charge in [0.2, 0.25) is 5.91 Å². The minimum absolute atomic E-state index is 0.393. The van der Waals surface area contributed by atoms with Crippen molar-refractivity contribution in [1.29, 1.82) is 0 Å². The van der Waals surface area contributed by atoms with Crippen LogP contribution in [0.1, 0.15) is 5.56 Å². The fourth-order valence-electron chi connectivity index (χ4n) is 1.72. The van der Waals surface area contributed by atoms with Crippen LogP contribution in [0.2, 0.25) is 0 Å². The van der Waals surface area contributed by atoms with Gasteiger partial charge in [-0.15, -0.1) is 0 Å². The van der Waals surface area contributed by atoms with E-state index in [2.05, 4.69) is 5.32 Å². The standard InChI is InChI=1S/C16H18N2O3/c17-15(10-19)16(20)18-13-7-4-8-14(9-13)21-11-12-5-2-1-3-6-12/h1-9,15,19H,10-11,17H2,(H,18,20)/t15-/m1/s1. The van der Waals surface area contributed by atoms with Crippen LogP contribution >= 0.6 is 0 Å². The van der Waals surface area contributed by atoms with Gasteiger partial charge in [-0.1, -0.05) is 36.4 Å². The number of rotatable bonds is 6. The third-order valence-electron chi connectivity index (χ3n) is 2.88. The Balaban J connectivity index is 1.96. The summed E-state index contributed by atoms with van der Waals surface area (Å²) in [4.78, 5) is 11.6. The number of ether oxygens (including phenoxy) is 1. The van der Waals surface area contributed by atoms with Gasteiger partial charge in [-0.05, 0) is 17.7 Å². The molecule has 110 valence electrons. The van der Waals surface area contributed by atoms with E-state index in [0.29, 0.717) is 18.0 Å². The molecule has 1 amide bonds. The topological polar surface area (TPSA) is 84.6 Å². The number of anilines is 1. The summed E-state index contributed by atoms with van der Waals surface area (Å²) in [6, 6.07) is 15.9. The third-order valence-corrected chi connectivity index (χ3v) is 2.88. The molecule has 2 aromatic carbocycles. The first-order chi connectivity index (χ1) is 10.2. The predicted molar refractivity (Wildman–Crippen MR) is 80.9 cm³/mol. The molecule has 0 aliphatic rings. The number of nitrogens with two attached hydrogens (primary N) is 1. The third kappa shape index (κ3) is 4.59. The van der Waals surface area contributed by atoms with E-state index >= 15 is 0 Å². The number of aliphatic hydroxyl groups is 1. The molecule has 0 fully saturated rings. The van der Waals surface area contributed by atoms with Crippen molar-refractivity contribution < 1.29 is 14.6 Å². The lowest BCUT2D eigenvalue weighted by molar-refractivity contribution is -0.118. The first-order valence-electron chi connectivity index (χ1n) is 6.63. The lowest BCUT2D eigenvalue weighted by Gasteiger charge is -2.11. The van der Waals surface area contributed by atoms with Crippen molar-refractivity contribution in [1.82, 2.24) is 0 Å². The van der Waals surface area contributed by atoms with Crippen LogP contribution in [0, 0.1) is 0 Å². The number of benzene rings is 2. The first kappa shape index (κ1) is 15.0. The summed E-state index contributed by atoms with van der Waals surface area (Å²) in [5.74, 6) is 0.215. The molecule has 5 nitrogen and oxygen atoms in total. The van der Waals surface area contributed by atoms with Crippen molar-refractivity contribution in [3.63, 3.8) is 0 Å². The number of carbonyl (C=O) groups excluding carboxylic acids is 1. The van der Waals surface area contributed by atoms with Crippen LogP contribution in [0.5, 0.6) is 5.75 Å². The Bertz CT molecular complexity index is 587. The van der Waals surface area contributed by atoms with Crippen LogP contribution in [0.3, 0.4) is 0 Å². The van der Waals surface area contributed by atoms with Crippen LogP contribution in [-0.4, -0.2) is 23.7 Å². The van der Waals surface area contributed by atoms with Crippen LogP contribution in [0.25, 0.3) is 0 Å². The van der Waals surface area contributed by atoms with E-state index in [-0.39, 0.29) is 0 Å². The average molecular weight is 286 g/mol. The summed E-state index contributed by atoms with van der Waals surface area (Å²) in [6.07, 6.45) is 0. The zero-order chi connectivity index (χ0) is 15.1. The molecular weight excluding hydrogens is 268 g/mol. The van der Waals surface area contributed by atoms with Crippen LogP contribution < -0.4 is 15.8 Å². The van der Waals surface area contributed by atoms with E-state index in [4.69, 9.17) is 15.6 Å². The minimum Gasteiger partial charge on any atom is -0.489 e. The van der Waals surface area contributed by atoms with Gasteiger partial charge >= 0.3 is 0 Å². The molecule has 2 rings (SSSR count). The van der Waals surface area contributed by atoms with Crippen molar-refractivity contribution in [2.45, 2.75) is 12.6 Å². The molecule has 0 bridgehead atoms. The normalized spacial score (nSPS) is 11.7. The zero-order valence-corrected chi connectivity index (χ0v) is 11.5. The number of hydrogen-bond donors (Lipinski definition) is 3. The summed E-state index contributed by atoms with van der Waals surface area (Å²) in [5, 5.41) is 11.5. The Morgan fingerprint density at radius 3 is 2.67 bits per heavy atom. The van der Waals surface area contributed by atoms with Gasteiger partial charge in [-0.2, -0.15) is 0 Å². The van der Waals surface area contributed by atoms with Crippen molar-refractivity contribution in [2.75, 3.05) is 11.9 Å². The minimum atomic E-state index is -0.932. The first-order valence-corrected chi connectivity index (χ1v) is 6.63. The number of nitrogens with one attached hydrogen (secondary N) is 1. The van der Waals surface area contributed by atoms with Crippen LogP contribution in [0.15, 0.2) is 54.6 Å². The molecule has 0 saturated heterocycles. The lowest BCUT2D eigenvalue weighted by atomic mass is 10.2. The Hall–Kier alpha value is -2.37. The molecule has 1 atom stereocenters. The maximum absolute atomic E-state index is 11.6. The number of amides is 1. The van der Waals surface area contributed by atoms with Gasteiger partial charge in [0, 0.05) is 11.8 Å². The molecule has 0 heterocycles. The molecule has 0 aliphatic heterocycles. The largest absolute Gasteiger partial charge is 0.489 e. The fourth-order valence-corrected chi connectivity index (χ4v) is 1.72. The molecule has 0 radical (unpaired) electrons. The Morgan fingerprint density at radius 1 is 1.19 bits per heavy atom. The number of hydrogen-bond acceptors (Lipinski definition) is 4. The summed E-state index contributed by atoms with van der Waals surface area (Å²) in [7, 11) is 0. The fraction of sp³-hybridized carbons (Fsp3) is 0.188. The average Bonchev–Trinajstić information content (AvgIpc) is 2.53. The summed E-state index contributed by atoms with van der Waals surface area (Å²) < 4.78 is 5.67. The monoisotopic (exact) mass is 286 g/mol. The molecule has 0 aliphatic carbocycles. The van der Waals surface area contributed by atoms with E-state index in [1.165, 1.54) is 0 Å². The van der Waals surface area contributed by atoms with Gasteiger partial charge in [0.05, 0.1) is 6.61 Å². The van der Waals surface area contributed by atoms with Crippen LogP contribution in [-0.2, 0) is 11.4 Å². The van der Waals surface area contributed by atoms with E-state index in [0.717, 1.165) is 5.56 Å². The number of carbonyl (C=O) groups is 1. The molecule has 0 aromatic heterocycles. The van der Waals surface area contributed by atoms with E-state index in [9.17, 15) is 4.79 Å². The van der Waals surface area contributed by atoms with Crippen molar-refractivity contribution in [3.05, 3.63) is 60.2 Å². The highest BCUT2D eigenvalue weighted by Crippen LogP contribution is 2.18. The second-order valence-electron chi connectivity index (χ2n) is 4.58. The zero-order valence-electron chi connectivity index (χ0n) is 11.5. The van der Waals surface area contributed by atoms with Gasteiger partial charge in [0.1, 0.15) is 18.4 Å². The van der Waals surface area contributed by atoms with E-state index in [1.807, 2.05) is 36.4 Å². The quantitative estimate of drug-likeness (QED) is 0.751. The Kier molecular flexibility index (Phi) is 5.31. The van der Waals surface area contributed by atoms with Gasteiger partial charge in [-0.3, -0.25) is 4.79 Å². The Morgan fingerprint density at radius 2 is 1.95 bits per heavy atom. The van der Waals surface area contributed by atoms with Crippen molar-refractivity contribution in [2.24, 2.45) is 5.73 Å². The van der Waals surface area contributed by atoms with Gasteiger partial charge in [0.15, 0.2) is 0 Å². The molecule has 4 N–H and O–H groups in total. The highest BCUT2D eigenvalue weighted by Gasteiger charge is 2.12. The molecule has 21 heavy (non-hydrogen) atoms. The van der Waals surface area contributed by atoms with Crippen LogP contribution in [0.4, 0.5) is 5.69 Å². The smallest absolute Gasteiger partial charge is 0.243 e. The SMILES string of the molecule is N[C@H](CO)C(=O)Nc1cccc(OCc2ccccc2)c1. The molecule has 0 unspecified atom stereocenters. The highest BCUT2D eigenvalue weighted by molar-refractivity contribution is 5.94. The van der Waals surface area contributed by atoms with E-state index in [1.54, 1.807) is 18.2 Å². The molecular formula is C16H18N2O3. The summed E-state index contributed by atoms with van der Waals surface area (Å²) >= 11 is 0. The maximum atomic E-state index is 11.6. The maximum Gasteiger partial charge on any atom is 0.243 e. The van der Waals surface area contributed by atoms with Crippen molar-refractivity contribution in [3.8, 4) is 5.75 Å². The summed E-state index contributed by atoms with van der Waals surface area (Å²) in [6.45, 7) is 0.0599.